The van der Waals surface area contributed by atoms with Crippen LogP contribution in [0.4, 0.5) is 0 Å². The first-order valence-corrected chi connectivity index (χ1v) is 28.4. The molecule has 5 nitrogen and oxygen atoms in total. The van der Waals surface area contributed by atoms with E-state index < -0.39 is 6.10 Å². The minimum Gasteiger partial charge on any atom is -0.462 e. The van der Waals surface area contributed by atoms with E-state index in [0.29, 0.717) is 19.4 Å². The van der Waals surface area contributed by atoms with E-state index in [2.05, 4.69) is 154 Å². The second kappa shape index (κ2) is 59.1. The van der Waals surface area contributed by atoms with Gasteiger partial charge >= 0.3 is 11.9 Å². The van der Waals surface area contributed by atoms with E-state index in [-0.39, 0.29) is 38.0 Å². The topological polar surface area (TPSA) is 61.8 Å². The first kappa shape index (κ1) is 65.8. The zero-order valence-electron chi connectivity index (χ0n) is 45.2. The predicted molar refractivity (Wildman–Crippen MR) is 306 cm³/mol. The molecule has 0 heterocycles. The minimum absolute atomic E-state index is 0.00714. The first-order valence-electron chi connectivity index (χ1n) is 28.4. The average molecular weight is 966 g/mol. The molecule has 0 unspecified atom stereocenters. The quantitative estimate of drug-likeness (QED) is 0.0345. The van der Waals surface area contributed by atoms with Crippen LogP contribution >= 0.6 is 0 Å². The molecule has 0 N–H and O–H groups in total. The maximum Gasteiger partial charge on any atom is 0.306 e. The molecule has 0 aliphatic rings. The molecule has 0 aliphatic heterocycles. The third-order valence-electron chi connectivity index (χ3n) is 11.4. The SMILES string of the molecule is CC/C=C\C/C=C\C/C=C\C/C=C\C/C=C\C/C=C\CCC(=O)OC[C@@H](COCCCCCCCCCCCCCCCCCC)OC(=O)CC/C=C\C/C=C\C/C=C\C/C=C\C/C=C\C/C=C\CC. The summed E-state index contributed by atoms with van der Waals surface area (Å²) in [4.78, 5) is 25.4. The molecular formula is C65H104O5. The molecular weight excluding hydrogens is 861 g/mol. The summed E-state index contributed by atoms with van der Waals surface area (Å²) in [5.74, 6) is -0.596. The smallest absolute Gasteiger partial charge is 0.306 e. The van der Waals surface area contributed by atoms with Gasteiger partial charge in [0, 0.05) is 19.4 Å². The maximum absolute atomic E-state index is 12.8. The van der Waals surface area contributed by atoms with Gasteiger partial charge in [-0.05, 0) is 96.3 Å². The Morgan fingerprint density at radius 2 is 0.614 bits per heavy atom. The molecule has 0 radical (unpaired) electrons. The molecule has 70 heavy (non-hydrogen) atoms. The third kappa shape index (κ3) is 56.4. The Balaban J connectivity index is 4.53. The van der Waals surface area contributed by atoms with Crippen molar-refractivity contribution in [2.75, 3.05) is 19.8 Å². The molecule has 0 aromatic carbocycles. The zero-order valence-corrected chi connectivity index (χ0v) is 45.2. The van der Waals surface area contributed by atoms with E-state index in [1.165, 1.54) is 89.9 Å². The van der Waals surface area contributed by atoms with Crippen molar-refractivity contribution in [1.82, 2.24) is 0 Å². The van der Waals surface area contributed by atoms with E-state index in [9.17, 15) is 9.59 Å². The van der Waals surface area contributed by atoms with Crippen molar-refractivity contribution in [1.29, 1.82) is 0 Å². The number of unbranched alkanes of at least 4 members (excludes halogenated alkanes) is 15. The Morgan fingerprint density at radius 3 is 0.943 bits per heavy atom. The summed E-state index contributed by atoms with van der Waals surface area (Å²) in [6.45, 7) is 7.44. The number of rotatable bonds is 50. The van der Waals surface area contributed by atoms with Crippen molar-refractivity contribution in [3.63, 3.8) is 0 Å². The normalized spacial score (nSPS) is 13.4. The van der Waals surface area contributed by atoms with Gasteiger partial charge in [-0.15, -0.1) is 0 Å². The highest BCUT2D eigenvalue weighted by molar-refractivity contribution is 5.70. The molecule has 5 heteroatoms. The van der Waals surface area contributed by atoms with Crippen molar-refractivity contribution >= 4 is 11.9 Å². The van der Waals surface area contributed by atoms with E-state index in [4.69, 9.17) is 14.2 Å². The van der Waals surface area contributed by atoms with Crippen LogP contribution in [0.25, 0.3) is 0 Å². The second-order valence-corrected chi connectivity index (χ2v) is 18.1. The lowest BCUT2D eigenvalue weighted by Crippen LogP contribution is -2.30. The molecule has 0 saturated carbocycles. The van der Waals surface area contributed by atoms with Gasteiger partial charge in [-0.25, -0.2) is 0 Å². The molecule has 394 valence electrons. The fourth-order valence-corrected chi connectivity index (χ4v) is 7.27. The molecule has 0 aromatic rings. The summed E-state index contributed by atoms with van der Waals surface area (Å²) in [6, 6.07) is 0. The predicted octanol–water partition coefficient (Wildman–Crippen LogP) is 19.7. The van der Waals surface area contributed by atoms with E-state index in [1.54, 1.807) is 0 Å². The van der Waals surface area contributed by atoms with Gasteiger partial charge in [-0.2, -0.15) is 0 Å². The zero-order chi connectivity index (χ0) is 50.6. The van der Waals surface area contributed by atoms with Crippen LogP contribution in [0.3, 0.4) is 0 Å². The lowest BCUT2D eigenvalue weighted by atomic mass is 10.0. The van der Waals surface area contributed by atoms with Gasteiger partial charge in [-0.3, -0.25) is 9.59 Å². The van der Waals surface area contributed by atoms with Crippen molar-refractivity contribution in [3.05, 3.63) is 146 Å². The van der Waals surface area contributed by atoms with Gasteiger partial charge in [0.05, 0.1) is 6.61 Å². The number of allylic oxidation sites excluding steroid dienone is 24. The molecule has 0 rings (SSSR count). The molecule has 0 amide bonds. The van der Waals surface area contributed by atoms with Crippen LogP contribution < -0.4 is 0 Å². The van der Waals surface area contributed by atoms with Crippen LogP contribution in [0.1, 0.15) is 226 Å². The summed E-state index contributed by atoms with van der Waals surface area (Å²) < 4.78 is 17.3. The van der Waals surface area contributed by atoms with Crippen molar-refractivity contribution in [3.8, 4) is 0 Å². The van der Waals surface area contributed by atoms with E-state index in [0.717, 1.165) is 89.9 Å². The minimum atomic E-state index is -0.617. The van der Waals surface area contributed by atoms with Crippen LogP contribution in [-0.2, 0) is 23.8 Å². The lowest BCUT2D eigenvalue weighted by Gasteiger charge is -2.18. The second-order valence-electron chi connectivity index (χ2n) is 18.1. The fourth-order valence-electron chi connectivity index (χ4n) is 7.27. The maximum atomic E-state index is 12.8. The summed E-state index contributed by atoms with van der Waals surface area (Å²) in [5, 5.41) is 0. The molecule has 0 saturated heterocycles. The van der Waals surface area contributed by atoms with Crippen molar-refractivity contribution in [2.24, 2.45) is 0 Å². The Kier molecular flexibility index (Phi) is 55.5. The Bertz CT molecular complexity index is 1510. The standard InChI is InChI=1S/C65H104O5/c1-4-7-10-13-16-19-22-25-28-31-33-35-37-40-43-46-49-52-55-58-64(66)69-62-63(61-68-60-57-54-51-48-45-42-39-30-27-24-21-18-15-12-9-6-3)70-65(67)59-56-53-50-47-44-41-38-36-34-32-29-26-23-20-17-14-11-8-5-2/h7-8,10-11,16-17,19-20,25-26,28-29,33-36,40-41,43-44,49-50,52-53,63H,4-6,9,12-15,18,21-24,27,30-32,37-39,42,45-48,51,54-62H2,1-3H3/b10-7-,11-8-,19-16-,20-17-,28-25-,29-26-,35-33-,36-34-,43-40-,44-41-,52-49-,53-50-/t63-/m1/s1. The number of hydrogen-bond donors (Lipinski definition) is 0. The molecule has 0 bridgehead atoms. The molecule has 0 aromatic heterocycles. The summed E-state index contributed by atoms with van der Waals surface area (Å²) in [5.41, 5.74) is 0. The summed E-state index contributed by atoms with van der Waals surface area (Å²) in [6.07, 6.45) is 86.1. The molecule has 1 atom stereocenters. The van der Waals surface area contributed by atoms with Gasteiger partial charge in [0.25, 0.3) is 0 Å². The van der Waals surface area contributed by atoms with Crippen LogP contribution in [0.15, 0.2) is 146 Å². The van der Waals surface area contributed by atoms with Gasteiger partial charge < -0.3 is 14.2 Å². The number of carbonyl (C=O) groups is 2. The summed E-state index contributed by atoms with van der Waals surface area (Å²) >= 11 is 0. The molecule has 0 fully saturated rings. The van der Waals surface area contributed by atoms with Crippen molar-refractivity contribution in [2.45, 2.75) is 232 Å². The Morgan fingerprint density at radius 1 is 0.329 bits per heavy atom. The highest BCUT2D eigenvalue weighted by Gasteiger charge is 2.17. The van der Waals surface area contributed by atoms with E-state index in [1.807, 2.05) is 12.2 Å². The fraction of sp³-hybridized carbons (Fsp3) is 0.600. The Labute approximate surface area is 431 Å². The number of ether oxygens (including phenoxy) is 3. The van der Waals surface area contributed by atoms with Crippen molar-refractivity contribution < 1.29 is 23.8 Å². The first-order chi connectivity index (χ1) is 34.6. The van der Waals surface area contributed by atoms with Gasteiger partial charge in [0.2, 0.25) is 0 Å². The van der Waals surface area contributed by atoms with Crippen LogP contribution in [-0.4, -0.2) is 37.9 Å². The van der Waals surface area contributed by atoms with Gasteiger partial charge in [-0.1, -0.05) is 263 Å². The molecule has 0 aliphatic carbocycles. The Hall–Kier alpha value is -4.22. The number of hydrogen-bond acceptors (Lipinski definition) is 5. The highest BCUT2D eigenvalue weighted by Crippen LogP contribution is 2.14. The van der Waals surface area contributed by atoms with Crippen LogP contribution in [0.2, 0.25) is 0 Å². The van der Waals surface area contributed by atoms with Gasteiger partial charge in [0.15, 0.2) is 6.10 Å². The number of esters is 2. The summed E-state index contributed by atoms with van der Waals surface area (Å²) in [7, 11) is 0. The van der Waals surface area contributed by atoms with Gasteiger partial charge in [0.1, 0.15) is 6.61 Å². The third-order valence-corrected chi connectivity index (χ3v) is 11.4. The highest BCUT2D eigenvalue weighted by atomic mass is 16.6. The lowest BCUT2D eigenvalue weighted by molar-refractivity contribution is -0.162. The van der Waals surface area contributed by atoms with Crippen LogP contribution in [0.5, 0.6) is 0 Å². The average Bonchev–Trinajstić information content (AvgIpc) is 3.36. The van der Waals surface area contributed by atoms with E-state index >= 15 is 0 Å². The molecule has 0 spiro atoms. The largest absolute Gasteiger partial charge is 0.462 e. The monoisotopic (exact) mass is 965 g/mol. The number of carbonyl (C=O) groups excluding carboxylic acids is 2. The van der Waals surface area contributed by atoms with Crippen LogP contribution in [0, 0.1) is 0 Å².